The second kappa shape index (κ2) is 6.86. The lowest BCUT2D eigenvalue weighted by Crippen LogP contribution is -2.33. The molecule has 2 N–H and O–H groups in total. The minimum Gasteiger partial charge on any atom is -0.504 e. The van der Waals surface area contributed by atoms with Gasteiger partial charge >= 0.3 is 0 Å². The number of hydrogen-bond donors (Lipinski definition) is 2. The van der Waals surface area contributed by atoms with Gasteiger partial charge in [-0.3, -0.25) is 4.79 Å². The molecular weight excluding hydrogens is 234 g/mol. The number of phenols is 2. The second-order valence-corrected chi connectivity index (χ2v) is 3.76. The first-order valence-corrected chi connectivity index (χ1v) is 5.99. The number of phenolic OH excluding ortho intramolecular Hbond substituents is 2. The van der Waals surface area contributed by atoms with E-state index in [1.807, 2.05) is 13.8 Å². The summed E-state index contributed by atoms with van der Waals surface area (Å²) in [6.45, 7) is 5.76. The van der Waals surface area contributed by atoms with E-state index in [-0.39, 0.29) is 23.0 Å². The van der Waals surface area contributed by atoms with Crippen LogP contribution in [0.15, 0.2) is 18.2 Å². The van der Waals surface area contributed by atoms with Gasteiger partial charge in [0.15, 0.2) is 11.5 Å². The molecule has 0 aromatic heterocycles. The first-order valence-electron chi connectivity index (χ1n) is 5.99. The summed E-state index contributed by atoms with van der Waals surface area (Å²) >= 11 is 0. The first kappa shape index (κ1) is 14.3. The molecule has 1 rings (SSSR count). The van der Waals surface area contributed by atoms with Crippen molar-refractivity contribution in [2.75, 3.05) is 26.3 Å². The van der Waals surface area contributed by atoms with Gasteiger partial charge in [-0.25, -0.2) is 0 Å². The molecule has 0 aliphatic rings. The molecule has 100 valence electrons. The van der Waals surface area contributed by atoms with Gasteiger partial charge in [0.25, 0.3) is 5.91 Å². The van der Waals surface area contributed by atoms with Gasteiger partial charge in [0.05, 0.1) is 12.2 Å². The molecule has 0 heterocycles. The third-order valence-electron chi connectivity index (χ3n) is 2.62. The highest BCUT2D eigenvalue weighted by Crippen LogP contribution is 2.28. The van der Waals surface area contributed by atoms with E-state index < -0.39 is 0 Å². The van der Waals surface area contributed by atoms with Crippen molar-refractivity contribution in [1.29, 1.82) is 0 Å². The van der Waals surface area contributed by atoms with E-state index in [9.17, 15) is 15.0 Å². The zero-order valence-corrected chi connectivity index (χ0v) is 10.7. The molecule has 0 atom stereocenters. The fourth-order valence-electron chi connectivity index (χ4n) is 1.60. The monoisotopic (exact) mass is 253 g/mol. The fourth-order valence-corrected chi connectivity index (χ4v) is 1.60. The maximum atomic E-state index is 12.1. The van der Waals surface area contributed by atoms with Crippen molar-refractivity contribution in [3.05, 3.63) is 23.8 Å². The summed E-state index contributed by atoms with van der Waals surface area (Å²) in [5, 5.41) is 19.0. The number of carbonyl (C=O) groups is 1. The van der Waals surface area contributed by atoms with Crippen molar-refractivity contribution in [1.82, 2.24) is 4.90 Å². The van der Waals surface area contributed by atoms with Crippen molar-refractivity contribution in [2.24, 2.45) is 0 Å². The van der Waals surface area contributed by atoms with E-state index in [2.05, 4.69) is 0 Å². The molecular formula is C13H19NO4. The minimum atomic E-state index is -0.377. The summed E-state index contributed by atoms with van der Waals surface area (Å²) in [6.07, 6.45) is 0. The van der Waals surface area contributed by atoms with Gasteiger partial charge in [0, 0.05) is 19.7 Å². The molecule has 1 aromatic carbocycles. The predicted molar refractivity (Wildman–Crippen MR) is 67.8 cm³/mol. The van der Waals surface area contributed by atoms with Gasteiger partial charge in [-0.2, -0.15) is 0 Å². The molecule has 0 saturated heterocycles. The SMILES string of the molecule is CCOCCN(CC)C(=O)c1cccc(O)c1O. The van der Waals surface area contributed by atoms with Crippen LogP contribution in [-0.2, 0) is 4.74 Å². The standard InChI is InChI=1S/C13H19NO4/c1-3-14(8-9-18-4-2)13(17)10-6-5-7-11(15)12(10)16/h5-7,15-16H,3-4,8-9H2,1-2H3. The molecule has 5 heteroatoms. The zero-order chi connectivity index (χ0) is 13.5. The quantitative estimate of drug-likeness (QED) is 0.596. The predicted octanol–water partition coefficient (Wildman–Crippen LogP) is 1.60. The Hall–Kier alpha value is -1.75. The highest BCUT2D eigenvalue weighted by atomic mass is 16.5. The third kappa shape index (κ3) is 3.37. The van der Waals surface area contributed by atoms with Crippen molar-refractivity contribution >= 4 is 5.91 Å². The van der Waals surface area contributed by atoms with Gasteiger partial charge in [-0.05, 0) is 26.0 Å². The number of rotatable bonds is 6. The highest BCUT2D eigenvalue weighted by Gasteiger charge is 2.19. The second-order valence-electron chi connectivity index (χ2n) is 3.76. The largest absolute Gasteiger partial charge is 0.504 e. The summed E-state index contributed by atoms with van der Waals surface area (Å²) in [5.74, 6) is -0.982. The molecule has 0 bridgehead atoms. The summed E-state index contributed by atoms with van der Waals surface area (Å²) in [4.78, 5) is 13.7. The number of nitrogens with zero attached hydrogens (tertiary/aromatic N) is 1. The summed E-state index contributed by atoms with van der Waals surface area (Å²) in [6, 6.07) is 4.35. The Bertz CT molecular complexity index is 406. The van der Waals surface area contributed by atoms with Gasteiger partial charge in [-0.1, -0.05) is 6.07 Å². The smallest absolute Gasteiger partial charge is 0.257 e. The lowest BCUT2D eigenvalue weighted by atomic mass is 10.1. The Labute approximate surface area is 107 Å². The Morgan fingerprint density at radius 3 is 2.67 bits per heavy atom. The number of amides is 1. The molecule has 1 aromatic rings. The molecule has 0 saturated carbocycles. The normalized spacial score (nSPS) is 10.3. The Morgan fingerprint density at radius 2 is 2.06 bits per heavy atom. The van der Waals surface area contributed by atoms with Crippen molar-refractivity contribution in [3.8, 4) is 11.5 Å². The lowest BCUT2D eigenvalue weighted by Gasteiger charge is -2.21. The van der Waals surface area contributed by atoms with E-state index in [4.69, 9.17) is 4.74 Å². The van der Waals surface area contributed by atoms with Crippen LogP contribution in [0.1, 0.15) is 24.2 Å². The number of aromatic hydroxyl groups is 2. The number of ether oxygens (including phenoxy) is 1. The molecule has 5 nitrogen and oxygen atoms in total. The van der Waals surface area contributed by atoms with Crippen LogP contribution in [0.2, 0.25) is 0 Å². The molecule has 0 spiro atoms. The Morgan fingerprint density at radius 1 is 1.33 bits per heavy atom. The average molecular weight is 253 g/mol. The molecule has 18 heavy (non-hydrogen) atoms. The summed E-state index contributed by atoms with van der Waals surface area (Å²) in [7, 11) is 0. The minimum absolute atomic E-state index is 0.105. The van der Waals surface area contributed by atoms with Crippen LogP contribution in [0.3, 0.4) is 0 Å². The lowest BCUT2D eigenvalue weighted by molar-refractivity contribution is 0.0666. The van der Waals surface area contributed by atoms with Gasteiger partial charge < -0.3 is 19.8 Å². The summed E-state index contributed by atoms with van der Waals surface area (Å²) in [5.41, 5.74) is 0.105. The van der Waals surface area contributed by atoms with Crippen LogP contribution < -0.4 is 0 Å². The van der Waals surface area contributed by atoms with E-state index >= 15 is 0 Å². The van der Waals surface area contributed by atoms with Crippen LogP contribution in [0.25, 0.3) is 0 Å². The van der Waals surface area contributed by atoms with Crippen LogP contribution in [0, 0.1) is 0 Å². The number of hydrogen-bond acceptors (Lipinski definition) is 4. The number of likely N-dealkylation sites (N-methyl/N-ethyl adjacent to an activating group) is 1. The molecule has 0 aliphatic carbocycles. The third-order valence-corrected chi connectivity index (χ3v) is 2.62. The van der Waals surface area contributed by atoms with Crippen LogP contribution >= 0.6 is 0 Å². The maximum absolute atomic E-state index is 12.1. The topological polar surface area (TPSA) is 70.0 Å². The van der Waals surface area contributed by atoms with E-state index in [0.29, 0.717) is 26.3 Å². The van der Waals surface area contributed by atoms with E-state index in [1.165, 1.54) is 18.2 Å². The molecule has 0 unspecified atom stereocenters. The van der Waals surface area contributed by atoms with Gasteiger partial charge in [-0.15, -0.1) is 0 Å². The highest BCUT2D eigenvalue weighted by molar-refractivity contribution is 5.97. The summed E-state index contributed by atoms with van der Waals surface area (Å²) < 4.78 is 5.20. The molecule has 0 fully saturated rings. The van der Waals surface area contributed by atoms with Crippen LogP contribution in [0.5, 0.6) is 11.5 Å². The van der Waals surface area contributed by atoms with Gasteiger partial charge in [0.2, 0.25) is 0 Å². The van der Waals surface area contributed by atoms with Crippen LogP contribution in [-0.4, -0.2) is 47.3 Å². The zero-order valence-electron chi connectivity index (χ0n) is 10.7. The van der Waals surface area contributed by atoms with E-state index in [1.54, 1.807) is 4.90 Å². The van der Waals surface area contributed by atoms with Crippen molar-refractivity contribution in [3.63, 3.8) is 0 Å². The number of carbonyl (C=O) groups excluding carboxylic acids is 1. The first-order chi connectivity index (χ1) is 8.61. The Kier molecular flexibility index (Phi) is 5.45. The maximum Gasteiger partial charge on any atom is 0.257 e. The number of para-hydroxylation sites is 1. The number of benzene rings is 1. The molecule has 1 amide bonds. The molecule has 0 aliphatic heterocycles. The van der Waals surface area contributed by atoms with Gasteiger partial charge in [0.1, 0.15) is 0 Å². The molecule has 0 radical (unpaired) electrons. The average Bonchev–Trinajstić information content (AvgIpc) is 2.37. The van der Waals surface area contributed by atoms with Crippen LogP contribution in [0.4, 0.5) is 0 Å². The fraction of sp³-hybridized carbons (Fsp3) is 0.462. The van der Waals surface area contributed by atoms with Crippen molar-refractivity contribution < 1.29 is 19.7 Å². The Balaban J connectivity index is 2.80. The van der Waals surface area contributed by atoms with E-state index in [0.717, 1.165) is 0 Å². The van der Waals surface area contributed by atoms with Crippen molar-refractivity contribution in [2.45, 2.75) is 13.8 Å².